The van der Waals surface area contributed by atoms with Gasteiger partial charge in [-0.2, -0.15) is 5.10 Å². The quantitative estimate of drug-likeness (QED) is 0.255. The Kier molecular flexibility index (Phi) is 5.82. The fraction of sp³-hybridized carbons (Fsp3) is 0.182. The van der Waals surface area contributed by atoms with Crippen molar-refractivity contribution >= 4 is 33.9 Å². The highest BCUT2D eigenvalue weighted by atomic mass is 127. The van der Waals surface area contributed by atoms with E-state index in [4.69, 9.17) is 4.98 Å². The first kappa shape index (κ1) is 21.8. The number of halogens is 4. The van der Waals surface area contributed by atoms with E-state index in [1.807, 2.05) is 44.5 Å². The van der Waals surface area contributed by atoms with Crippen LogP contribution in [0.4, 0.5) is 13.2 Å². The van der Waals surface area contributed by atoms with E-state index in [9.17, 15) is 13.2 Å². The van der Waals surface area contributed by atoms with E-state index in [-0.39, 0.29) is 5.75 Å². The summed E-state index contributed by atoms with van der Waals surface area (Å²) in [6.07, 6.45) is -4.70. The zero-order valence-corrected chi connectivity index (χ0v) is 19.8. The van der Waals surface area contributed by atoms with Gasteiger partial charge in [-0.15, -0.1) is 24.5 Å². The zero-order valence-electron chi connectivity index (χ0n) is 16.8. The molecule has 160 valence electrons. The first-order chi connectivity index (χ1) is 14.6. The van der Waals surface area contributed by atoms with Crippen molar-refractivity contribution in [2.75, 3.05) is 0 Å². The Hall–Kier alpha value is -2.40. The number of hydrogen-bond donors (Lipinski definition) is 0. The van der Waals surface area contributed by atoms with Gasteiger partial charge in [-0.25, -0.2) is 9.67 Å². The van der Waals surface area contributed by atoms with Crippen molar-refractivity contribution in [3.63, 3.8) is 0 Å². The Morgan fingerprint density at radius 2 is 1.77 bits per heavy atom. The Labute approximate surface area is 194 Å². The zero-order chi connectivity index (χ0) is 22.3. The summed E-state index contributed by atoms with van der Waals surface area (Å²) in [5.41, 5.74) is 4.88. The molecule has 0 atom stereocenters. The summed E-state index contributed by atoms with van der Waals surface area (Å²) < 4.78 is 44.0. The predicted molar refractivity (Wildman–Crippen MR) is 124 cm³/mol. The maximum absolute atomic E-state index is 12.4. The fourth-order valence-electron chi connectivity index (χ4n) is 3.37. The molecule has 0 saturated heterocycles. The number of alkyl halides is 3. The van der Waals surface area contributed by atoms with Gasteiger partial charge < -0.3 is 4.74 Å². The van der Waals surface area contributed by atoms with Gasteiger partial charge in [0.1, 0.15) is 5.75 Å². The topological polar surface area (TPSA) is 39.9 Å². The van der Waals surface area contributed by atoms with Gasteiger partial charge >= 0.3 is 6.36 Å². The molecule has 0 radical (unpaired) electrons. The minimum Gasteiger partial charge on any atom is -0.406 e. The van der Waals surface area contributed by atoms with Crippen molar-refractivity contribution in [1.29, 1.82) is 0 Å². The lowest BCUT2D eigenvalue weighted by Crippen LogP contribution is -2.16. The largest absolute Gasteiger partial charge is 0.573 e. The molecule has 2 heterocycles. The Morgan fingerprint density at radius 3 is 2.42 bits per heavy atom. The third-order valence-corrected chi connectivity index (χ3v) is 6.87. The number of aromatic nitrogens is 3. The van der Waals surface area contributed by atoms with Gasteiger partial charge in [-0.3, -0.25) is 0 Å². The SMILES string of the molecule is Cc1cccc(I)c1-c1nc(-c2csc(-c3ccc(OC(F)(F)F)cc3)c2C)n(C)n1. The van der Waals surface area contributed by atoms with E-state index in [0.717, 1.165) is 42.1 Å². The lowest BCUT2D eigenvalue weighted by Gasteiger charge is -2.09. The summed E-state index contributed by atoms with van der Waals surface area (Å²) in [6.45, 7) is 4.01. The van der Waals surface area contributed by atoms with Gasteiger partial charge in [0.25, 0.3) is 0 Å². The number of nitrogens with zero attached hydrogens (tertiary/aromatic N) is 3. The fourth-order valence-corrected chi connectivity index (χ4v) is 5.32. The minimum absolute atomic E-state index is 0.239. The average molecular weight is 555 g/mol. The van der Waals surface area contributed by atoms with Crippen LogP contribution in [0.5, 0.6) is 5.75 Å². The first-order valence-electron chi connectivity index (χ1n) is 9.25. The number of benzene rings is 2. The smallest absolute Gasteiger partial charge is 0.406 e. The van der Waals surface area contributed by atoms with E-state index >= 15 is 0 Å². The van der Waals surface area contributed by atoms with Crippen molar-refractivity contribution in [2.24, 2.45) is 7.05 Å². The summed E-state index contributed by atoms with van der Waals surface area (Å²) in [7, 11) is 1.86. The van der Waals surface area contributed by atoms with Crippen LogP contribution in [0.15, 0.2) is 47.8 Å². The molecule has 4 aromatic rings. The molecule has 0 aliphatic carbocycles. The maximum Gasteiger partial charge on any atom is 0.573 e. The average Bonchev–Trinajstić information content (AvgIpc) is 3.23. The van der Waals surface area contributed by atoms with Gasteiger partial charge in [0.2, 0.25) is 0 Å². The van der Waals surface area contributed by atoms with Crippen molar-refractivity contribution in [3.8, 4) is 39.0 Å². The number of ether oxygens (including phenoxy) is 1. The Morgan fingerprint density at radius 1 is 1.06 bits per heavy atom. The number of aryl methyl sites for hydroxylation is 2. The molecule has 0 N–H and O–H groups in total. The van der Waals surface area contributed by atoms with Gasteiger partial charge in [0.05, 0.1) is 0 Å². The molecule has 0 spiro atoms. The molecule has 2 aromatic carbocycles. The number of hydrogen-bond acceptors (Lipinski definition) is 4. The van der Waals surface area contributed by atoms with Gasteiger partial charge in [0.15, 0.2) is 11.6 Å². The molecular weight excluding hydrogens is 538 g/mol. The molecule has 0 fully saturated rings. The van der Waals surface area contributed by atoms with Gasteiger partial charge in [-0.05, 0) is 83.5 Å². The van der Waals surface area contributed by atoms with Gasteiger partial charge in [0, 0.05) is 32.0 Å². The Balaban J connectivity index is 1.69. The van der Waals surface area contributed by atoms with E-state index in [1.165, 1.54) is 23.5 Å². The highest BCUT2D eigenvalue weighted by Gasteiger charge is 2.31. The molecule has 31 heavy (non-hydrogen) atoms. The summed E-state index contributed by atoms with van der Waals surface area (Å²) in [4.78, 5) is 5.76. The minimum atomic E-state index is -4.70. The molecule has 2 aromatic heterocycles. The first-order valence-corrected chi connectivity index (χ1v) is 11.2. The van der Waals surface area contributed by atoms with E-state index in [2.05, 4.69) is 32.4 Å². The highest BCUT2D eigenvalue weighted by Crippen LogP contribution is 2.38. The highest BCUT2D eigenvalue weighted by molar-refractivity contribution is 14.1. The Bertz CT molecular complexity index is 1230. The maximum atomic E-state index is 12.4. The van der Waals surface area contributed by atoms with Crippen LogP contribution in [0, 0.1) is 17.4 Å². The standard InChI is InChI=1S/C22H17F3IN3OS/c1-12-5-4-6-17(26)18(12)20-27-21(29(3)28-20)16-11-31-19(13(16)2)14-7-9-15(10-8-14)30-22(23,24)25/h4-11H,1-3H3. The molecule has 0 bridgehead atoms. The summed E-state index contributed by atoms with van der Waals surface area (Å²) >= 11 is 3.80. The van der Waals surface area contributed by atoms with E-state index < -0.39 is 6.36 Å². The molecule has 0 saturated carbocycles. The van der Waals surface area contributed by atoms with Crippen molar-refractivity contribution in [3.05, 3.63) is 62.5 Å². The lowest BCUT2D eigenvalue weighted by molar-refractivity contribution is -0.274. The van der Waals surface area contributed by atoms with Crippen LogP contribution in [-0.4, -0.2) is 21.1 Å². The van der Waals surface area contributed by atoms with Crippen molar-refractivity contribution in [2.45, 2.75) is 20.2 Å². The molecular formula is C22H17F3IN3OS. The van der Waals surface area contributed by atoms with Crippen LogP contribution < -0.4 is 4.74 Å². The molecule has 9 heteroatoms. The molecule has 0 amide bonds. The monoisotopic (exact) mass is 555 g/mol. The van der Waals surface area contributed by atoms with Crippen LogP contribution >= 0.6 is 33.9 Å². The number of rotatable bonds is 4. The summed E-state index contributed by atoms with van der Waals surface area (Å²) in [6, 6.07) is 12.0. The van der Waals surface area contributed by atoms with Crippen LogP contribution in [0.1, 0.15) is 11.1 Å². The summed E-state index contributed by atoms with van der Waals surface area (Å²) in [5, 5.41) is 6.63. The van der Waals surface area contributed by atoms with Crippen LogP contribution in [0.3, 0.4) is 0 Å². The van der Waals surface area contributed by atoms with Crippen molar-refractivity contribution < 1.29 is 17.9 Å². The third kappa shape index (κ3) is 4.47. The van der Waals surface area contributed by atoms with Gasteiger partial charge in [-0.1, -0.05) is 12.1 Å². The second kappa shape index (κ2) is 8.27. The predicted octanol–water partition coefficient (Wildman–Crippen LogP) is 7.00. The molecule has 0 aliphatic rings. The molecule has 4 nitrogen and oxygen atoms in total. The van der Waals surface area contributed by atoms with Crippen LogP contribution in [-0.2, 0) is 7.05 Å². The van der Waals surface area contributed by atoms with Crippen molar-refractivity contribution in [1.82, 2.24) is 14.8 Å². The number of thiophene rings is 1. The molecule has 0 unspecified atom stereocenters. The normalized spacial score (nSPS) is 11.7. The van der Waals surface area contributed by atoms with E-state index in [1.54, 1.807) is 16.8 Å². The van der Waals surface area contributed by atoms with Crippen LogP contribution in [0.25, 0.3) is 33.2 Å². The lowest BCUT2D eigenvalue weighted by atomic mass is 10.1. The van der Waals surface area contributed by atoms with E-state index in [0.29, 0.717) is 5.82 Å². The van der Waals surface area contributed by atoms with Crippen LogP contribution in [0.2, 0.25) is 0 Å². The molecule has 0 aliphatic heterocycles. The third-order valence-electron chi connectivity index (χ3n) is 4.84. The molecule has 4 rings (SSSR count). The summed E-state index contributed by atoms with van der Waals surface area (Å²) in [5.74, 6) is 1.17. The second-order valence-electron chi connectivity index (χ2n) is 6.99. The second-order valence-corrected chi connectivity index (χ2v) is 9.03.